The molecule has 2 atom stereocenters. The standard InChI is InChI=1S/C12H16ClNO4/c1-7-5-8(2)10(14(17)18)6-9(7)12(16)11(15)3-4-13/h5-6,11-12,15-16H,3-4H2,1-2H3. The summed E-state index contributed by atoms with van der Waals surface area (Å²) in [7, 11) is 0. The van der Waals surface area contributed by atoms with Crippen LogP contribution in [0.2, 0.25) is 0 Å². The molecule has 0 aromatic heterocycles. The molecule has 0 aliphatic heterocycles. The molecule has 2 unspecified atom stereocenters. The van der Waals surface area contributed by atoms with E-state index in [0.717, 1.165) is 0 Å². The van der Waals surface area contributed by atoms with Crippen molar-refractivity contribution >= 4 is 17.3 Å². The van der Waals surface area contributed by atoms with Crippen LogP contribution in [0, 0.1) is 24.0 Å². The molecular formula is C12H16ClNO4. The number of nitrogens with zero attached hydrogens (tertiary/aromatic N) is 1. The van der Waals surface area contributed by atoms with Crippen molar-refractivity contribution in [2.24, 2.45) is 0 Å². The number of halogens is 1. The number of nitro groups is 1. The van der Waals surface area contributed by atoms with Crippen molar-refractivity contribution in [3.8, 4) is 0 Å². The molecule has 0 spiro atoms. The van der Waals surface area contributed by atoms with Crippen molar-refractivity contribution in [3.05, 3.63) is 38.9 Å². The number of nitro benzene ring substituents is 1. The normalized spacial score (nSPS) is 14.3. The lowest BCUT2D eigenvalue weighted by Crippen LogP contribution is -2.19. The smallest absolute Gasteiger partial charge is 0.272 e. The number of alkyl halides is 1. The predicted molar refractivity (Wildman–Crippen MR) is 68.9 cm³/mol. The number of aliphatic hydroxyl groups is 2. The Morgan fingerprint density at radius 2 is 1.94 bits per heavy atom. The molecule has 0 bridgehead atoms. The molecule has 5 nitrogen and oxygen atoms in total. The molecule has 0 aliphatic rings. The number of benzene rings is 1. The zero-order valence-corrected chi connectivity index (χ0v) is 11.0. The molecule has 0 saturated carbocycles. The van der Waals surface area contributed by atoms with E-state index in [9.17, 15) is 20.3 Å². The van der Waals surface area contributed by atoms with E-state index in [1.807, 2.05) is 0 Å². The Balaban J connectivity index is 3.15. The van der Waals surface area contributed by atoms with Gasteiger partial charge in [-0.25, -0.2) is 0 Å². The van der Waals surface area contributed by atoms with Gasteiger partial charge in [0.05, 0.1) is 11.0 Å². The van der Waals surface area contributed by atoms with E-state index in [1.54, 1.807) is 19.9 Å². The molecule has 0 heterocycles. The molecule has 18 heavy (non-hydrogen) atoms. The van der Waals surface area contributed by atoms with Gasteiger partial charge in [0.25, 0.3) is 5.69 Å². The van der Waals surface area contributed by atoms with Crippen molar-refractivity contribution in [1.29, 1.82) is 0 Å². The van der Waals surface area contributed by atoms with E-state index in [2.05, 4.69) is 0 Å². The van der Waals surface area contributed by atoms with Crippen LogP contribution in [0.25, 0.3) is 0 Å². The second kappa shape index (κ2) is 6.13. The molecule has 6 heteroatoms. The molecule has 0 amide bonds. The van der Waals surface area contributed by atoms with Crippen molar-refractivity contribution < 1.29 is 15.1 Å². The van der Waals surface area contributed by atoms with E-state index in [0.29, 0.717) is 16.7 Å². The third kappa shape index (κ3) is 3.19. The van der Waals surface area contributed by atoms with E-state index in [4.69, 9.17) is 11.6 Å². The highest BCUT2D eigenvalue weighted by molar-refractivity contribution is 6.17. The molecule has 0 fully saturated rings. The van der Waals surface area contributed by atoms with Gasteiger partial charge in [0, 0.05) is 17.5 Å². The summed E-state index contributed by atoms with van der Waals surface area (Å²) in [6.07, 6.45) is -1.96. The summed E-state index contributed by atoms with van der Waals surface area (Å²) in [5.41, 5.74) is 1.54. The first-order valence-corrected chi connectivity index (χ1v) is 6.09. The van der Waals surface area contributed by atoms with Gasteiger partial charge in [-0.05, 0) is 37.5 Å². The topological polar surface area (TPSA) is 83.6 Å². The first-order valence-electron chi connectivity index (χ1n) is 5.56. The maximum Gasteiger partial charge on any atom is 0.272 e. The zero-order chi connectivity index (χ0) is 13.9. The third-order valence-corrected chi connectivity index (χ3v) is 3.09. The minimum atomic E-state index is -1.16. The molecular weight excluding hydrogens is 258 g/mol. The van der Waals surface area contributed by atoms with Gasteiger partial charge in [-0.3, -0.25) is 10.1 Å². The van der Waals surface area contributed by atoms with Crippen LogP contribution >= 0.6 is 11.6 Å². The first kappa shape index (κ1) is 14.9. The van der Waals surface area contributed by atoms with E-state index in [1.165, 1.54) is 6.07 Å². The molecule has 0 aliphatic carbocycles. The minimum absolute atomic E-state index is 0.0623. The second-order valence-electron chi connectivity index (χ2n) is 4.24. The maximum absolute atomic E-state index is 10.8. The van der Waals surface area contributed by atoms with Gasteiger partial charge in [-0.15, -0.1) is 11.6 Å². The number of aryl methyl sites for hydroxylation is 2. The average molecular weight is 274 g/mol. The molecule has 2 N–H and O–H groups in total. The van der Waals surface area contributed by atoms with Gasteiger partial charge in [0.1, 0.15) is 6.10 Å². The van der Waals surface area contributed by atoms with Gasteiger partial charge in [0.15, 0.2) is 0 Å². The summed E-state index contributed by atoms with van der Waals surface area (Å²) in [6.45, 7) is 3.37. The van der Waals surface area contributed by atoms with Crippen molar-refractivity contribution in [2.45, 2.75) is 32.5 Å². The van der Waals surface area contributed by atoms with E-state index < -0.39 is 17.1 Å². The highest BCUT2D eigenvalue weighted by Crippen LogP contribution is 2.29. The molecule has 0 radical (unpaired) electrons. The number of rotatable bonds is 5. The number of aliphatic hydroxyl groups excluding tert-OH is 2. The Hall–Kier alpha value is -1.17. The van der Waals surface area contributed by atoms with Crippen LogP contribution in [-0.2, 0) is 0 Å². The highest BCUT2D eigenvalue weighted by atomic mass is 35.5. The lowest BCUT2D eigenvalue weighted by molar-refractivity contribution is -0.385. The Bertz CT molecular complexity index is 450. The minimum Gasteiger partial charge on any atom is -0.390 e. The van der Waals surface area contributed by atoms with Crippen molar-refractivity contribution in [2.75, 3.05) is 5.88 Å². The monoisotopic (exact) mass is 273 g/mol. The summed E-state index contributed by atoms with van der Waals surface area (Å²) < 4.78 is 0. The lowest BCUT2D eigenvalue weighted by Gasteiger charge is -2.19. The predicted octanol–water partition coefficient (Wildman–Crippen LogP) is 2.23. The van der Waals surface area contributed by atoms with Crippen LogP contribution in [0.1, 0.15) is 29.2 Å². The fraction of sp³-hybridized carbons (Fsp3) is 0.500. The number of hydrogen-bond acceptors (Lipinski definition) is 4. The summed E-state index contributed by atoms with van der Waals surface area (Å²) in [5, 5.41) is 30.5. The zero-order valence-electron chi connectivity index (χ0n) is 10.3. The van der Waals surface area contributed by atoms with Crippen molar-refractivity contribution in [3.63, 3.8) is 0 Å². The van der Waals surface area contributed by atoms with Crippen LogP contribution in [-0.4, -0.2) is 27.1 Å². The van der Waals surface area contributed by atoms with E-state index >= 15 is 0 Å². The van der Waals surface area contributed by atoms with Crippen LogP contribution in [0.5, 0.6) is 0 Å². The summed E-state index contributed by atoms with van der Waals surface area (Å²) in [4.78, 5) is 10.3. The average Bonchev–Trinajstić information content (AvgIpc) is 2.28. The Kier molecular flexibility index (Phi) is 5.07. The fourth-order valence-electron chi connectivity index (χ4n) is 1.85. The van der Waals surface area contributed by atoms with Crippen LogP contribution < -0.4 is 0 Å². The largest absolute Gasteiger partial charge is 0.390 e. The number of hydrogen-bond donors (Lipinski definition) is 2. The Labute approximate surface area is 110 Å². The quantitative estimate of drug-likeness (QED) is 0.489. The van der Waals surface area contributed by atoms with E-state index in [-0.39, 0.29) is 18.0 Å². The molecule has 0 saturated heterocycles. The van der Waals surface area contributed by atoms with Crippen molar-refractivity contribution in [1.82, 2.24) is 0 Å². The van der Waals surface area contributed by atoms with Gasteiger partial charge < -0.3 is 10.2 Å². The fourth-order valence-corrected chi connectivity index (χ4v) is 2.07. The molecule has 100 valence electrons. The SMILES string of the molecule is Cc1cc(C)c([N+](=O)[O-])cc1C(O)C(O)CCCl. The van der Waals surface area contributed by atoms with Crippen LogP contribution in [0.4, 0.5) is 5.69 Å². The molecule has 1 aromatic carbocycles. The summed E-state index contributed by atoms with van der Waals surface area (Å²) in [6, 6.07) is 2.94. The summed E-state index contributed by atoms with van der Waals surface area (Å²) in [5.74, 6) is 0.214. The maximum atomic E-state index is 10.8. The lowest BCUT2D eigenvalue weighted by atomic mass is 9.95. The highest BCUT2D eigenvalue weighted by Gasteiger charge is 2.23. The first-order chi connectivity index (χ1) is 8.38. The van der Waals surface area contributed by atoms with Gasteiger partial charge in [-0.1, -0.05) is 0 Å². The summed E-state index contributed by atoms with van der Waals surface area (Å²) >= 11 is 5.50. The second-order valence-corrected chi connectivity index (χ2v) is 4.62. The molecule has 1 rings (SSSR count). The van der Waals surface area contributed by atoms with Gasteiger partial charge in [-0.2, -0.15) is 0 Å². The Morgan fingerprint density at radius 1 is 1.33 bits per heavy atom. The molecule has 1 aromatic rings. The Morgan fingerprint density at radius 3 is 2.44 bits per heavy atom. The third-order valence-electron chi connectivity index (χ3n) is 2.87. The van der Waals surface area contributed by atoms with Gasteiger partial charge in [0.2, 0.25) is 0 Å². The van der Waals surface area contributed by atoms with Crippen LogP contribution in [0.15, 0.2) is 12.1 Å². The van der Waals surface area contributed by atoms with Crippen LogP contribution in [0.3, 0.4) is 0 Å². The van der Waals surface area contributed by atoms with Gasteiger partial charge >= 0.3 is 0 Å².